The number of amides is 2. The lowest BCUT2D eigenvalue weighted by Crippen LogP contribution is -2.64. The van der Waals surface area contributed by atoms with Crippen molar-refractivity contribution in [2.45, 2.75) is 19.4 Å². The second-order valence-corrected chi connectivity index (χ2v) is 5.60. The molecule has 0 N–H and O–H groups in total. The Morgan fingerprint density at radius 1 is 1.38 bits per heavy atom. The molecule has 114 valence electrons. The number of aryl methyl sites for hydroxylation is 1. The maximum absolute atomic E-state index is 12.4. The van der Waals surface area contributed by atoms with Crippen molar-refractivity contribution >= 4 is 11.8 Å². The van der Waals surface area contributed by atoms with E-state index in [1.807, 2.05) is 14.0 Å². The lowest BCUT2D eigenvalue weighted by Gasteiger charge is -2.45. The molecule has 0 aliphatic carbocycles. The summed E-state index contributed by atoms with van der Waals surface area (Å²) in [5.41, 5.74) is 0.769. The van der Waals surface area contributed by atoms with Crippen LogP contribution in [0.4, 0.5) is 0 Å². The molecule has 0 unspecified atom stereocenters. The van der Waals surface area contributed by atoms with Gasteiger partial charge in [0, 0.05) is 45.8 Å². The van der Waals surface area contributed by atoms with Crippen molar-refractivity contribution in [2.24, 2.45) is 0 Å². The van der Waals surface area contributed by atoms with Crippen molar-refractivity contribution in [3.63, 3.8) is 0 Å². The monoisotopic (exact) mass is 292 g/mol. The van der Waals surface area contributed by atoms with E-state index in [2.05, 4.69) is 10.1 Å². The number of nitrogens with zero attached hydrogens (tertiary/aromatic N) is 4. The third-order valence-corrected chi connectivity index (χ3v) is 4.29. The highest BCUT2D eigenvalue weighted by atomic mass is 16.5. The maximum atomic E-state index is 12.4. The van der Waals surface area contributed by atoms with E-state index in [4.69, 9.17) is 4.52 Å². The fourth-order valence-electron chi connectivity index (χ4n) is 2.88. The van der Waals surface area contributed by atoms with E-state index in [-0.39, 0.29) is 23.6 Å². The molecule has 7 heteroatoms. The van der Waals surface area contributed by atoms with Gasteiger partial charge in [0.15, 0.2) is 0 Å². The van der Waals surface area contributed by atoms with Crippen LogP contribution in [-0.2, 0) is 11.2 Å². The van der Waals surface area contributed by atoms with Crippen LogP contribution in [0.25, 0.3) is 0 Å². The second-order valence-electron chi connectivity index (χ2n) is 5.60. The number of carbonyl (C=O) groups excluding carboxylic acids is 2. The molecule has 2 amide bonds. The lowest BCUT2D eigenvalue weighted by molar-refractivity contribution is -0.142. The standard InChI is InChI=1S/C14H20N4O3/c1-3-10-8-12(21-15-10)14(20)18-7-6-17-5-4-16(2)13(19)11(17)9-18/h8,11H,3-7,9H2,1-2H3/t11-/m0/s1. The number of hydrogen-bond acceptors (Lipinski definition) is 5. The number of hydrogen-bond donors (Lipinski definition) is 0. The van der Waals surface area contributed by atoms with E-state index >= 15 is 0 Å². The predicted octanol–water partition coefficient (Wildman–Crippen LogP) is -0.165. The van der Waals surface area contributed by atoms with Gasteiger partial charge in [-0.05, 0) is 6.42 Å². The third-order valence-electron chi connectivity index (χ3n) is 4.29. The summed E-state index contributed by atoms with van der Waals surface area (Å²) < 4.78 is 5.10. The maximum Gasteiger partial charge on any atom is 0.292 e. The highest BCUT2D eigenvalue weighted by Gasteiger charge is 2.39. The Bertz CT molecular complexity index is 556. The first-order valence-electron chi connectivity index (χ1n) is 7.34. The van der Waals surface area contributed by atoms with Gasteiger partial charge >= 0.3 is 0 Å². The molecule has 2 aliphatic heterocycles. The molecule has 1 atom stereocenters. The fraction of sp³-hybridized carbons (Fsp3) is 0.643. The average molecular weight is 292 g/mol. The summed E-state index contributed by atoms with van der Waals surface area (Å²) in [4.78, 5) is 30.2. The zero-order chi connectivity index (χ0) is 15.0. The minimum Gasteiger partial charge on any atom is -0.351 e. The summed E-state index contributed by atoms with van der Waals surface area (Å²) in [6, 6.07) is 1.46. The van der Waals surface area contributed by atoms with Crippen molar-refractivity contribution in [3.05, 3.63) is 17.5 Å². The Kier molecular flexibility index (Phi) is 3.67. The van der Waals surface area contributed by atoms with Gasteiger partial charge in [-0.1, -0.05) is 12.1 Å². The smallest absolute Gasteiger partial charge is 0.292 e. The third kappa shape index (κ3) is 2.53. The summed E-state index contributed by atoms with van der Waals surface area (Å²) in [6.07, 6.45) is 0.733. The van der Waals surface area contributed by atoms with E-state index in [0.29, 0.717) is 13.1 Å². The number of likely N-dealkylation sites (N-methyl/N-ethyl adjacent to an activating group) is 1. The molecule has 2 saturated heterocycles. The van der Waals surface area contributed by atoms with Crippen LogP contribution in [0.5, 0.6) is 0 Å². The molecule has 0 saturated carbocycles. The van der Waals surface area contributed by atoms with Gasteiger partial charge in [-0.15, -0.1) is 0 Å². The van der Waals surface area contributed by atoms with Crippen molar-refractivity contribution in [1.82, 2.24) is 19.9 Å². The summed E-state index contributed by atoms with van der Waals surface area (Å²) in [5.74, 6) is 0.172. The Morgan fingerprint density at radius 2 is 2.14 bits per heavy atom. The Labute approximate surface area is 123 Å². The average Bonchev–Trinajstić information content (AvgIpc) is 2.99. The van der Waals surface area contributed by atoms with Gasteiger partial charge in [-0.3, -0.25) is 14.5 Å². The summed E-state index contributed by atoms with van der Waals surface area (Å²) in [7, 11) is 1.81. The molecule has 21 heavy (non-hydrogen) atoms. The predicted molar refractivity (Wildman–Crippen MR) is 74.8 cm³/mol. The first-order valence-corrected chi connectivity index (χ1v) is 7.34. The van der Waals surface area contributed by atoms with Crippen LogP contribution in [0.1, 0.15) is 23.2 Å². The number of rotatable bonds is 2. The van der Waals surface area contributed by atoms with Crippen LogP contribution in [0.2, 0.25) is 0 Å². The van der Waals surface area contributed by atoms with Crippen LogP contribution in [0, 0.1) is 0 Å². The molecular formula is C14H20N4O3. The van der Waals surface area contributed by atoms with E-state index in [0.717, 1.165) is 31.7 Å². The molecule has 0 aromatic carbocycles. The highest BCUT2D eigenvalue weighted by molar-refractivity contribution is 5.92. The van der Waals surface area contributed by atoms with Gasteiger partial charge in [0.05, 0.1) is 5.69 Å². The zero-order valence-electron chi connectivity index (χ0n) is 12.4. The van der Waals surface area contributed by atoms with Gasteiger partial charge < -0.3 is 14.3 Å². The van der Waals surface area contributed by atoms with Gasteiger partial charge in [0.2, 0.25) is 11.7 Å². The van der Waals surface area contributed by atoms with Crippen LogP contribution in [0.15, 0.2) is 10.6 Å². The molecule has 0 spiro atoms. The lowest BCUT2D eigenvalue weighted by atomic mass is 10.1. The molecule has 0 bridgehead atoms. The van der Waals surface area contributed by atoms with Gasteiger partial charge in [-0.25, -0.2) is 0 Å². The van der Waals surface area contributed by atoms with Gasteiger partial charge in [-0.2, -0.15) is 0 Å². The topological polar surface area (TPSA) is 69.9 Å². The quantitative estimate of drug-likeness (QED) is 0.757. The first kappa shape index (κ1) is 14.1. The molecule has 7 nitrogen and oxygen atoms in total. The number of aromatic nitrogens is 1. The van der Waals surface area contributed by atoms with Crippen molar-refractivity contribution in [2.75, 3.05) is 39.8 Å². The molecule has 2 fully saturated rings. The second kappa shape index (κ2) is 5.48. The summed E-state index contributed by atoms with van der Waals surface area (Å²) >= 11 is 0. The molecule has 3 heterocycles. The van der Waals surface area contributed by atoms with Crippen LogP contribution in [0.3, 0.4) is 0 Å². The summed E-state index contributed by atoms with van der Waals surface area (Å²) in [6.45, 7) is 5.35. The van der Waals surface area contributed by atoms with Crippen molar-refractivity contribution in [3.8, 4) is 0 Å². The minimum atomic E-state index is -0.227. The van der Waals surface area contributed by atoms with Crippen molar-refractivity contribution in [1.29, 1.82) is 0 Å². The fourth-order valence-corrected chi connectivity index (χ4v) is 2.88. The molecule has 1 aromatic rings. The van der Waals surface area contributed by atoms with Crippen molar-refractivity contribution < 1.29 is 14.1 Å². The molecule has 0 radical (unpaired) electrons. The Morgan fingerprint density at radius 3 is 2.86 bits per heavy atom. The number of carbonyl (C=O) groups is 2. The SMILES string of the molecule is CCc1cc(C(=O)N2CCN3CCN(C)C(=O)[C@@H]3C2)on1. The molecule has 2 aliphatic rings. The minimum absolute atomic E-state index is 0.0885. The zero-order valence-corrected chi connectivity index (χ0v) is 12.4. The van der Waals surface area contributed by atoms with E-state index < -0.39 is 0 Å². The van der Waals surface area contributed by atoms with Gasteiger partial charge in [0.25, 0.3) is 5.91 Å². The van der Waals surface area contributed by atoms with E-state index in [9.17, 15) is 9.59 Å². The Balaban J connectivity index is 1.72. The number of fused-ring (bicyclic) bond motifs is 1. The molecule has 1 aromatic heterocycles. The summed E-state index contributed by atoms with van der Waals surface area (Å²) in [5, 5.41) is 3.85. The molecular weight excluding hydrogens is 272 g/mol. The molecule has 3 rings (SSSR count). The highest BCUT2D eigenvalue weighted by Crippen LogP contribution is 2.18. The van der Waals surface area contributed by atoms with Crippen LogP contribution < -0.4 is 0 Å². The van der Waals surface area contributed by atoms with E-state index in [1.165, 1.54) is 0 Å². The van der Waals surface area contributed by atoms with Gasteiger partial charge in [0.1, 0.15) is 6.04 Å². The van der Waals surface area contributed by atoms with E-state index in [1.54, 1.807) is 15.9 Å². The largest absolute Gasteiger partial charge is 0.351 e. The van der Waals surface area contributed by atoms with Crippen LogP contribution in [-0.4, -0.2) is 77.5 Å². The number of piperazine rings is 2. The first-order chi connectivity index (χ1) is 10.1. The normalized spacial score (nSPS) is 23.3. The van der Waals surface area contributed by atoms with Crippen LogP contribution >= 0.6 is 0 Å². The Hall–Kier alpha value is -1.89.